The van der Waals surface area contributed by atoms with Gasteiger partial charge in [-0.25, -0.2) is 5.01 Å². The van der Waals surface area contributed by atoms with Gasteiger partial charge in [-0.1, -0.05) is 35.9 Å². The smallest absolute Gasteiger partial charge is 0.0784 e. The monoisotopic (exact) mass is 361 g/mol. The molecule has 26 heavy (non-hydrogen) atoms. The number of nitrogens with zero attached hydrogens (tertiary/aromatic N) is 3. The van der Waals surface area contributed by atoms with E-state index in [1.807, 2.05) is 42.5 Å². The number of fused-ring (bicyclic) bond motifs is 1. The van der Waals surface area contributed by atoms with Gasteiger partial charge in [0.25, 0.3) is 0 Å². The zero-order chi connectivity index (χ0) is 18.1. The number of hydrogen-bond acceptors (Lipinski definition) is 3. The Labute approximate surface area is 159 Å². The second-order valence-electron chi connectivity index (χ2n) is 6.58. The Morgan fingerprint density at radius 1 is 1.04 bits per heavy atom. The van der Waals surface area contributed by atoms with Crippen LogP contribution in [0.5, 0.6) is 0 Å². The van der Waals surface area contributed by atoms with Crippen LogP contribution in [0.3, 0.4) is 0 Å². The van der Waals surface area contributed by atoms with Crippen LogP contribution >= 0.6 is 11.6 Å². The highest BCUT2D eigenvalue weighted by Crippen LogP contribution is 2.35. The maximum Gasteiger partial charge on any atom is 0.0784 e. The maximum absolute atomic E-state index is 6.34. The minimum Gasteiger partial charge on any atom is -0.256 e. The predicted octanol–water partition coefficient (Wildman–Crippen LogP) is 5.98. The molecule has 0 spiro atoms. The van der Waals surface area contributed by atoms with Crippen molar-refractivity contribution in [3.63, 3.8) is 0 Å². The standard InChI is InChI=1S/C22H20ClN3/c1-15-6-4-13-25-26-14-17(10-11-21(15)26)19-8-5-12-24-22(19)18-7-3-9-20(23)16(18)2/h3,5,7-14H,4,6H2,1-2H3. The molecular formula is C22H20ClN3. The zero-order valence-electron chi connectivity index (χ0n) is 14.9. The molecule has 0 bridgehead atoms. The zero-order valence-corrected chi connectivity index (χ0v) is 15.7. The second-order valence-corrected chi connectivity index (χ2v) is 6.98. The van der Waals surface area contributed by atoms with Gasteiger partial charge in [-0.3, -0.25) is 4.98 Å². The third-order valence-corrected chi connectivity index (χ3v) is 5.27. The molecule has 0 amide bonds. The number of pyridine rings is 1. The SMILES string of the molecule is CC1=C2C=CC(c3cccnc3-c3cccc(Cl)c3C)=CN2N=CCC1. The summed E-state index contributed by atoms with van der Waals surface area (Å²) >= 11 is 6.34. The van der Waals surface area contributed by atoms with Crippen molar-refractivity contribution in [1.82, 2.24) is 9.99 Å². The van der Waals surface area contributed by atoms with Crippen LogP contribution in [0.15, 0.2) is 71.3 Å². The number of allylic oxidation sites excluding steroid dienone is 4. The Balaban J connectivity index is 1.83. The summed E-state index contributed by atoms with van der Waals surface area (Å²) in [5.41, 5.74) is 7.70. The van der Waals surface area contributed by atoms with Crippen LogP contribution in [0.2, 0.25) is 5.02 Å². The van der Waals surface area contributed by atoms with Crippen LogP contribution in [0.1, 0.15) is 30.9 Å². The number of hydrazone groups is 1. The first-order valence-electron chi connectivity index (χ1n) is 8.77. The largest absolute Gasteiger partial charge is 0.256 e. The lowest BCUT2D eigenvalue weighted by Crippen LogP contribution is -2.12. The van der Waals surface area contributed by atoms with Crippen molar-refractivity contribution in [2.24, 2.45) is 5.10 Å². The quantitative estimate of drug-likeness (QED) is 0.658. The van der Waals surface area contributed by atoms with Gasteiger partial charge in [-0.05, 0) is 56.0 Å². The van der Waals surface area contributed by atoms with Gasteiger partial charge in [0.1, 0.15) is 0 Å². The summed E-state index contributed by atoms with van der Waals surface area (Å²) in [6, 6.07) is 10.0. The van der Waals surface area contributed by atoms with E-state index >= 15 is 0 Å². The number of aromatic nitrogens is 1. The van der Waals surface area contributed by atoms with Crippen LogP contribution in [0, 0.1) is 6.92 Å². The molecule has 0 unspecified atom stereocenters. The minimum absolute atomic E-state index is 0.755. The lowest BCUT2D eigenvalue weighted by molar-refractivity contribution is 0.511. The van der Waals surface area contributed by atoms with E-state index in [1.54, 1.807) is 0 Å². The van der Waals surface area contributed by atoms with Crippen molar-refractivity contribution < 1.29 is 0 Å². The topological polar surface area (TPSA) is 28.5 Å². The van der Waals surface area contributed by atoms with E-state index in [0.717, 1.165) is 51.5 Å². The molecule has 0 aliphatic carbocycles. The molecule has 4 rings (SSSR count). The molecule has 0 N–H and O–H groups in total. The van der Waals surface area contributed by atoms with Gasteiger partial charge in [0.15, 0.2) is 0 Å². The molecule has 1 aromatic carbocycles. The van der Waals surface area contributed by atoms with E-state index in [9.17, 15) is 0 Å². The van der Waals surface area contributed by atoms with Gasteiger partial charge in [0.05, 0.1) is 11.4 Å². The highest BCUT2D eigenvalue weighted by atomic mass is 35.5. The fraction of sp³-hybridized carbons (Fsp3) is 0.182. The molecule has 4 heteroatoms. The first-order valence-corrected chi connectivity index (χ1v) is 9.15. The Morgan fingerprint density at radius 2 is 1.88 bits per heavy atom. The van der Waals surface area contributed by atoms with Crippen LogP contribution in [0.25, 0.3) is 16.8 Å². The van der Waals surface area contributed by atoms with Crippen molar-refractivity contribution in [3.8, 4) is 11.3 Å². The summed E-state index contributed by atoms with van der Waals surface area (Å²) in [7, 11) is 0. The Kier molecular flexibility index (Phi) is 4.48. The highest BCUT2D eigenvalue weighted by molar-refractivity contribution is 6.31. The van der Waals surface area contributed by atoms with E-state index in [-0.39, 0.29) is 0 Å². The lowest BCUT2D eigenvalue weighted by Gasteiger charge is -2.23. The average Bonchev–Trinajstić information content (AvgIpc) is 2.85. The molecule has 2 aliphatic rings. The Bertz CT molecular complexity index is 983. The van der Waals surface area contributed by atoms with Gasteiger partial charge < -0.3 is 0 Å². The Morgan fingerprint density at radius 3 is 2.77 bits per heavy atom. The Hall–Kier alpha value is -2.65. The molecule has 0 radical (unpaired) electrons. The summed E-state index contributed by atoms with van der Waals surface area (Å²) in [4.78, 5) is 4.66. The van der Waals surface area contributed by atoms with Crippen molar-refractivity contribution >= 4 is 23.4 Å². The van der Waals surface area contributed by atoms with Crippen molar-refractivity contribution in [1.29, 1.82) is 0 Å². The molecule has 0 saturated heterocycles. The number of rotatable bonds is 2. The highest BCUT2D eigenvalue weighted by Gasteiger charge is 2.18. The molecular weight excluding hydrogens is 342 g/mol. The molecule has 2 aliphatic heterocycles. The molecule has 1 aromatic heterocycles. The van der Waals surface area contributed by atoms with E-state index in [1.165, 1.54) is 5.57 Å². The van der Waals surface area contributed by atoms with Gasteiger partial charge in [0.2, 0.25) is 0 Å². The van der Waals surface area contributed by atoms with Crippen LogP contribution in [-0.2, 0) is 0 Å². The lowest BCUT2D eigenvalue weighted by atomic mass is 9.95. The van der Waals surface area contributed by atoms with E-state index in [0.29, 0.717) is 0 Å². The first kappa shape index (κ1) is 16.8. The number of benzene rings is 1. The molecule has 0 saturated carbocycles. The molecule has 2 aromatic rings. The van der Waals surface area contributed by atoms with E-state index in [4.69, 9.17) is 11.6 Å². The molecule has 3 nitrogen and oxygen atoms in total. The molecule has 0 fully saturated rings. The third kappa shape index (κ3) is 2.99. The maximum atomic E-state index is 6.34. The van der Waals surface area contributed by atoms with Crippen molar-refractivity contribution in [3.05, 3.63) is 82.3 Å². The number of halogens is 1. The van der Waals surface area contributed by atoms with Gasteiger partial charge in [-0.2, -0.15) is 5.10 Å². The first-order chi connectivity index (χ1) is 12.6. The molecule has 3 heterocycles. The normalized spacial score (nSPS) is 16.4. The minimum atomic E-state index is 0.755. The van der Waals surface area contributed by atoms with Gasteiger partial charge in [-0.15, -0.1) is 0 Å². The van der Waals surface area contributed by atoms with E-state index < -0.39 is 0 Å². The van der Waals surface area contributed by atoms with E-state index in [2.05, 4.69) is 47.5 Å². The molecule has 0 atom stereocenters. The third-order valence-electron chi connectivity index (χ3n) is 4.86. The fourth-order valence-electron chi connectivity index (χ4n) is 3.35. The summed E-state index contributed by atoms with van der Waals surface area (Å²) in [6.45, 7) is 4.20. The summed E-state index contributed by atoms with van der Waals surface area (Å²) in [6.07, 6.45) is 12.2. The number of hydrogen-bond donors (Lipinski definition) is 0. The average molecular weight is 362 g/mol. The molecule has 130 valence electrons. The summed E-state index contributed by atoms with van der Waals surface area (Å²) < 4.78 is 0. The summed E-state index contributed by atoms with van der Waals surface area (Å²) in [5, 5.41) is 7.31. The fourth-order valence-corrected chi connectivity index (χ4v) is 3.53. The van der Waals surface area contributed by atoms with Crippen molar-refractivity contribution in [2.75, 3.05) is 0 Å². The van der Waals surface area contributed by atoms with Gasteiger partial charge in [0, 0.05) is 40.3 Å². The second kappa shape index (κ2) is 6.93. The van der Waals surface area contributed by atoms with Crippen molar-refractivity contribution in [2.45, 2.75) is 26.7 Å². The van der Waals surface area contributed by atoms with Gasteiger partial charge >= 0.3 is 0 Å². The van der Waals surface area contributed by atoms with Crippen LogP contribution in [-0.4, -0.2) is 16.2 Å². The van der Waals surface area contributed by atoms with Crippen LogP contribution < -0.4 is 0 Å². The summed E-state index contributed by atoms with van der Waals surface area (Å²) in [5.74, 6) is 0. The predicted molar refractivity (Wildman–Crippen MR) is 109 cm³/mol. The van der Waals surface area contributed by atoms with Crippen LogP contribution in [0.4, 0.5) is 0 Å².